The summed E-state index contributed by atoms with van der Waals surface area (Å²) in [5.74, 6) is -3.51. The predicted molar refractivity (Wildman–Crippen MR) is 134 cm³/mol. The molecule has 0 bridgehead atoms. The average molecular weight is 526 g/mol. The monoisotopic (exact) mass is 525 g/mol. The molecular weight excluding hydrogens is 508 g/mol. The number of fused-ring (bicyclic) bond motifs is 2. The van der Waals surface area contributed by atoms with E-state index in [1.165, 1.54) is 16.2 Å². The number of aliphatic hydroxyl groups excluding tert-OH is 1. The summed E-state index contributed by atoms with van der Waals surface area (Å²) >= 11 is 2.28. The minimum atomic E-state index is -1.06. The molecular formula is C25H17F2N3O4S2. The standard InChI is InChI=1S/C25H17F2N3O4S2/c1-29-6-7-34-17-5-4-12(9-16(17)29)22(31)20-21(18-3-2-8-35-18)30(24(33)23(20)32)25-28-15-10-13(26)14(27)11-19(15)36-25/h2-5,8-11,21,31H,6-7H2,1H3/b22-20+. The van der Waals surface area contributed by atoms with E-state index in [1.807, 2.05) is 11.9 Å². The van der Waals surface area contributed by atoms with Gasteiger partial charge in [-0.3, -0.25) is 14.5 Å². The van der Waals surface area contributed by atoms with Crippen molar-refractivity contribution in [1.29, 1.82) is 0 Å². The number of amides is 1. The Morgan fingerprint density at radius 2 is 1.97 bits per heavy atom. The van der Waals surface area contributed by atoms with E-state index in [4.69, 9.17) is 4.74 Å². The smallest absolute Gasteiger partial charge is 0.301 e. The number of likely N-dealkylation sites (N-methyl/N-ethyl adjacent to an activating group) is 1. The zero-order chi connectivity index (χ0) is 25.1. The molecule has 4 aromatic rings. The third kappa shape index (κ3) is 3.46. The maximum atomic E-state index is 13.8. The number of rotatable bonds is 3. The molecule has 1 N–H and O–H groups in total. The van der Waals surface area contributed by atoms with Crippen molar-refractivity contribution in [3.63, 3.8) is 0 Å². The van der Waals surface area contributed by atoms with E-state index in [2.05, 4.69) is 4.98 Å². The molecule has 1 amide bonds. The number of carbonyl (C=O) groups is 2. The van der Waals surface area contributed by atoms with Crippen LogP contribution < -0.4 is 14.5 Å². The number of ether oxygens (including phenoxy) is 1. The summed E-state index contributed by atoms with van der Waals surface area (Å²) in [6.07, 6.45) is 0. The SMILES string of the molecule is CN1CCOc2ccc(/C(O)=C3\C(=O)C(=O)N(c4nc5cc(F)c(F)cc5s4)C3c3cccs3)cc21. The Balaban J connectivity index is 1.52. The molecule has 2 aliphatic heterocycles. The minimum Gasteiger partial charge on any atom is -0.507 e. The van der Waals surface area contributed by atoms with E-state index >= 15 is 0 Å². The average Bonchev–Trinajstić information content (AvgIpc) is 3.58. The minimum absolute atomic E-state index is 0.0848. The van der Waals surface area contributed by atoms with Crippen molar-refractivity contribution in [3.05, 3.63) is 75.5 Å². The largest absolute Gasteiger partial charge is 0.507 e. The molecule has 4 heterocycles. The lowest BCUT2D eigenvalue weighted by Gasteiger charge is -2.28. The highest BCUT2D eigenvalue weighted by Crippen LogP contribution is 2.46. The van der Waals surface area contributed by atoms with Crippen LogP contribution in [0, 0.1) is 11.6 Å². The van der Waals surface area contributed by atoms with Crippen molar-refractivity contribution in [3.8, 4) is 5.75 Å². The van der Waals surface area contributed by atoms with Crippen LogP contribution in [0.15, 0.2) is 53.4 Å². The number of ketones is 1. The first-order valence-electron chi connectivity index (χ1n) is 10.9. The first kappa shape index (κ1) is 22.6. The molecule has 0 radical (unpaired) electrons. The van der Waals surface area contributed by atoms with Gasteiger partial charge in [0.1, 0.15) is 24.2 Å². The molecule has 6 rings (SSSR count). The quantitative estimate of drug-likeness (QED) is 0.228. The van der Waals surface area contributed by atoms with Crippen LogP contribution in [0.5, 0.6) is 5.75 Å². The molecule has 0 saturated carbocycles. The van der Waals surface area contributed by atoms with Gasteiger partial charge in [0.2, 0.25) is 0 Å². The summed E-state index contributed by atoms with van der Waals surface area (Å²) in [6.45, 7) is 1.20. The van der Waals surface area contributed by atoms with Gasteiger partial charge in [-0.15, -0.1) is 11.3 Å². The number of thiophene rings is 1. The van der Waals surface area contributed by atoms with Crippen molar-refractivity contribution < 1.29 is 28.2 Å². The summed E-state index contributed by atoms with van der Waals surface area (Å²) in [5, 5.41) is 13.3. The lowest BCUT2D eigenvalue weighted by molar-refractivity contribution is -0.132. The highest BCUT2D eigenvalue weighted by molar-refractivity contribution is 7.22. The summed E-state index contributed by atoms with van der Waals surface area (Å²) in [7, 11) is 1.90. The molecule has 2 aromatic heterocycles. The summed E-state index contributed by atoms with van der Waals surface area (Å²) in [4.78, 5) is 34.7. The van der Waals surface area contributed by atoms with E-state index in [9.17, 15) is 23.5 Å². The topological polar surface area (TPSA) is 83.0 Å². The highest BCUT2D eigenvalue weighted by Gasteiger charge is 2.48. The Morgan fingerprint density at radius 3 is 2.75 bits per heavy atom. The number of hydrogen-bond donors (Lipinski definition) is 1. The van der Waals surface area contributed by atoms with Gasteiger partial charge in [-0.1, -0.05) is 17.4 Å². The number of thiazole rings is 1. The molecule has 0 spiro atoms. The maximum Gasteiger partial charge on any atom is 0.301 e. The molecule has 2 aliphatic rings. The Bertz CT molecular complexity index is 1540. The Hall–Kier alpha value is -3.83. The van der Waals surface area contributed by atoms with Gasteiger partial charge in [-0.05, 0) is 35.7 Å². The van der Waals surface area contributed by atoms with Gasteiger partial charge in [-0.25, -0.2) is 13.8 Å². The van der Waals surface area contributed by atoms with E-state index in [0.29, 0.717) is 34.0 Å². The van der Waals surface area contributed by atoms with Gasteiger partial charge in [0.05, 0.1) is 28.0 Å². The Morgan fingerprint density at radius 1 is 1.17 bits per heavy atom. The first-order chi connectivity index (χ1) is 17.3. The van der Waals surface area contributed by atoms with Gasteiger partial charge in [0, 0.05) is 23.6 Å². The second-order valence-corrected chi connectivity index (χ2v) is 10.4. The zero-order valence-corrected chi connectivity index (χ0v) is 20.3. The molecule has 11 heteroatoms. The molecule has 36 heavy (non-hydrogen) atoms. The van der Waals surface area contributed by atoms with E-state index in [-0.39, 0.29) is 22.0 Å². The fraction of sp³-hybridized carbons (Fsp3) is 0.160. The fourth-order valence-electron chi connectivity index (χ4n) is 4.41. The third-order valence-electron chi connectivity index (χ3n) is 6.21. The van der Waals surface area contributed by atoms with Crippen molar-refractivity contribution >= 4 is 61.2 Å². The van der Waals surface area contributed by atoms with Crippen molar-refractivity contribution in [2.45, 2.75) is 6.04 Å². The molecule has 182 valence electrons. The van der Waals surface area contributed by atoms with Gasteiger partial charge in [0.25, 0.3) is 5.78 Å². The van der Waals surface area contributed by atoms with Crippen LogP contribution in [0.2, 0.25) is 0 Å². The third-order valence-corrected chi connectivity index (χ3v) is 8.15. The van der Waals surface area contributed by atoms with Crippen LogP contribution in [0.1, 0.15) is 16.5 Å². The van der Waals surface area contributed by atoms with E-state index in [0.717, 1.165) is 29.2 Å². The normalized spacial score (nSPS) is 19.1. The molecule has 1 saturated heterocycles. The fourth-order valence-corrected chi connectivity index (χ4v) is 6.24. The number of carbonyl (C=O) groups excluding carboxylic acids is 2. The lowest BCUT2D eigenvalue weighted by atomic mass is 9.99. The lowest BCUT2D eigenvalue weighted by Crippen LogP contribution is -2.29. The molecule has 1 unspecified atom stereocenters. The Labute approximate surface area is 211 Å². The second kappa shape index (κ2) is 8.38. The first-order valence-corrected chi connectivity index (χ1v) is 12.6. The number of anilines is 2. The van der Waals surface area contributed by atoms with E-state index < -0.39 is 29.4 Å². The summed E-state index contributed by atoms with van der Waals surface area (Å²) in [6, 6.07) is 9.59. The number of halogens is 2. The number of benzene rings is 2. The van der Waals surface area contributed by atoms with Crippen LogP contribution in [-0.4, -0.2) is 42.0 Å². The molecule has 1 fully saturated rings. The number of aliphatic hydroxyl groups is 1. The van der Waals surface area contributed by atoms with Crippen LogP contribution in [0.3, 0.4) is 0 Å². The second-order valence-electron chi connectivity index (χ2n) is 8.37. The maximum absolute atomic E-state index is 13.8. The van der Waals surface area contributed by atoms with E-state index in [1.54, 1.807) is 35.7 Å². The van der Waals surface area contributed by atoms with Gasteiger partial charge < -0.3 is 14.7 Å². The predicted octanol–water partition coefficient (Wildman–Crippen LogP) is 5.09. The van der Waals surface area contributed by atoms with Crippen LogP contribution in [0.4, 0.5) is 19.6 Å². The molecule has 1 atom stereocenters. The Kier molecular flexibility index (Phi) is 5.27. The number of aromatic nitrogens is 1. The molecule has 0 aliphatic carbocycles. The number of hydrogen-bond acceptors (Lipinski definition) is 8. The van der Waals surface area contributed by atoms with Crippen molar-refractivity contribution in [1.82, 2.24) is 4.98 Å². The summed E-state index contributed by atoms with van der Waals surface area (Å²) < 4.78 is 33.6. The van der Waals surface area contributed by atoms with Gasteiger partial charge >= 0.3 is 5.91 Å². The number of Topliss-reactive ketones (excluding diaryl/α,β-unsaturated/α-hetero) is 1. The number of nitrogens with zero attached hydrogens (tertiary/aromatic N) is 3. The van der Waals surface area contributed by atoms with Gasteiger partial charge in [0.15, 0.2) is 16.8 Å². The van der Waals surface area contributed by atoms with Crippen LogP contribution >= 0.6 is 22.7 Å². The molecule has 7 nitrogen and oxygen atoms in total. The van der Waals surface area contributed by atoms with Gasteiger partial charge in [-0.2, -0.15) is 0 Å². The van der Waals surface area contributed by atoms with Crippen LogP contribution in [-0.2, 0) is 9.59 Å². The highest BCUT2D eigenvalue weighted by atomic mass is 32.1. The van der Waals surface area contributed by atoms with Crippen molar-refractivity contribution in [2.75, 3.05) is 30.0 Å². The summed E-state index contributed by atoms with van der Waals surface area (Å²) in [5.41, 5.74) is 1.19. The molecule has 2 aromatic carbocycles. The zero-order valence-electron chi connectivity index (χ0n) is 18.7. The van der Waals surface area contributed by atoms with Crippen molar-refractivity contribution in [2.24, 2.45) is 0 Å². The van der Waals surface area contributed by atoms with Crippen LogP contribution in [0.25, 0.3) is 16.0 Å².